The van der Waals surface area contributed by atoms with Crippen LogP contribution in [0, 0.1) is 0 Å². The van der Waals surface area contributed by atoms with Gasteiger partial charge in [-0.25, -0.2) is 9.18 Å². The number of esters is 1. The number of carbonyl (C=O) groups is 1. The van der Waals surface area contributed by atoms with Gasteiger partial charge in [0.1, 0.15) is 5.76 Å². The van der Waals surface area contributed by atoms with Crippen molar-refractivity contribution in [3.05, 3.63) is 36.4 Å². The molecule has 0 unspecified atom stereocenters. The van der Waals surface area contributed by atoms with E-state index in [2.05, 4.69) is 9.47 Å². The molecule has 0 rings (SSSR count). The maximum absolute atomic E-state index is 11.8. The Labute approximate surface area is 84.5 Å². The minimum absolute atomic E-state index is 0.140. The fourth-order valence-electron chi connectivity index (χ4n) is 0.586. The Kier molecular flexibility index (Phi) is 6.78. The molecule has 3 nitrogen and oxygen atoms in total. The van der Waals surface area contributed by atoms with Crippen LogP contribution in [0.2, 0.25) is 0 Å². The summed E-state index contributed by atoms with van der Waals surface area (Å²) in [5, 5.41) is 0. The molecule has 0 radical (unpaired) electrons. The molecule has 0 atom stereocenters. The molecule has 0 N–H and O–H groups in total. The molecule has 0 aromatic carbocycles. The van der Waals surface area contributed by atoms with E-state index in [0.29, 0.717) is 0 Å². The molecule has 0 spiro atoms. The van der Waals surface area contributed by atoms with Crippen molar-refractivity contribution in [3.63, 3.8) is 0 Å². The summed E-state index contributed by atoms with van der Waals surface area (Å²) in [4.78, 5) is 10.6. The molecule has 0 saturated carbocycles. The first-order chi connectivity index (χ1) is 7.10. The Morgan fingerprint density at radius 2 is 2.00 bits per heavy atom. The van der Waals surface area contributed by atoms with Crippen LogP contribution in [-0.4, -0.2) is 19.7 Å². The van der Waals surface area contributed by atoms with E-state index in [-0.39, 0.29) is 12.1 Å². The average molecular weight is 222 g/mol. The molecule has 6 heteroatoms. The summed E-state index contributed by atoms with van der Waals surface area (Å²) in [6, 6.07) is 0. The lowest BCUT2D eigenvalue weighted by Crippen LogP contribution is -1.99. The zero-order valence-electron chi connectivity index (χ0n) is 7.82. The van der Waals surface area contributed by atoms with Gasteiger partial charge in [-0.15, -0.1) is 0 Å². The fraction of sp³-hybridized carbons (Fsp3) is 0.222. The van der Waals surface area contributed by atoms with Crippen LogP contribution in [0.5, 0.6) is 0 Å². The molecule has 0 aromatic rings. The lowest BCUT2D eigenvalue weighted by molar-refractivity contribution is -0.135. The average Bonchev–Trinajstić information content (AvgIpc) is 2.20. The molecule has 0 aliphatic rings. The van der Waals surface area contributed by atoms with Gasteiger partial charge in [0.2, 0.25) is 0 Å². The molecular formula is C9H9F3O3. The van der Waals surface area contributed by atoms with Crippen LogP contribution >= 0.6 is 0 Å². The summed E-state index contributed by atoms with van der Waals surface area (Å²) < 4.78 is 43.3. The highest BCUT2D eigenvalue weighted by Crippen LogP contribution is 2.07. The van der Waals surface area contributed by atoms with E-state index in [0.717, 1.165) is 31.4 Å². The number of hydrogen-bond acceptors (Lipinski definition) is 3. The van der Waals surface area contributed by atoms with E-state index in [1.807, 2.05) is 0 Å². The smallest absolute Gasteiger partial charge is 0.387 e. The number of hydrogen-bond donors (Lipinski definition) is 0. The Hall–Kier alpha value is -1.72. The van der Waals surface area contributed by atoms with Gasteiger partial charge in [-0.2, -0.15) is 8.78 Å². The Bertz CT molecular complexity index is 282. The predicted molar refractivity (Wildman–Crippen MR) is 46.6 cm³/mol. The SMILES string of the molecule is COC(=O)/C=C/C(=C\C=C\F)OC(F)F. The van der Waals surface area contributed by atoms with Gasteiger partial charge in [-0.1, -0.05) is 0 Å². The molecule has 0 saturated heterocycles. The van der Waals surface area contributed by atoms with Gasteiger partial charge < -0.3 is 9.47 Å². The van der Waals surface area contributed by atoms with Crippen molar-refractivity contribution in [1.82, 2.24) is 0 Å². The minimum atomic E-state index is -3.05. The maximum Gasteiger partial charge on any atom is 0.387 e. The van der Waals surface area contributed by atoms with Crippen molar-refractivity contribution >= 4 is 5.97 Å². The summed E-state index contributed by atoms with van der Waals surface area (Å²) in [5.74, 6) is -1.09. The molecule has 0 fully saturated rings. The molecule has 0 aliphatic carbocycles. The Morgan fingerprint density at radius 3 is 2.47 bits per heavy atom. The van der Waals surface area contributed by atoms with Crippen molar-refractivity contribution in [2.24, 2.45) is 0 Å². The molecule has 84 valence electrons. The van der Waals surface area contributed by atoms with E-state index in [4.69, 9.17) is 0 Å². The predicted octanol–water partition coefficient (Wildman–Crippen LogP) is 2.32. The summed E-state index contributed by atoms with van der Waals surface area (Å²) in [6.45, 7) is -3.05. The topological polar surface area (TPSA) is 35.5 Å². The van der Waals surface area contributed by atoms with Gasteiger partial charge in [0.05, 0.1) is 13.4 Å². The second kappa shape index (κ2) is 7.66. The normalized spacial score (nSPS) is 12.7. The largest absolute Gasteiger partial charge is 0.466 e. The molecule has 0 aromatic heterocycles. The standard InChI is InChI=1S/C9H9F3O3/c1-14-8(13)5-4-7(3-2-6-10)15-9(11)12/h2-6,9H,1H3/b5-4+,6-2+,7-3+. The van der Waals surface area contributed by atoms with Crippen molar-refractivity contribution in [2.75, 3.05) is 7.11 Å². The third kappa shape index (κ3) is 7.36. The van der Waals surface area contributed by atoms with Gasteiger partial charge in [0, 0.05) is 6.08 Å². The minimum Gasteiger partial charge on any atom is -0.466 e. The van der Waals surface area contributed by atoms with Crippen LogP contribution < -0.4 is 0 Å². The number of methoxy groups -OCH3 is 1. The van der Waals surface area contributed by atoms with Crippen LogP contribution in [0.1, 0.15) is 0 Å². The summed E-state index contributed by atoms with van der Waals surface area (Å²) in [7, 11) is 1.13. The molecule has 0 amide bonds. The highest BCUT2D eigenvalue weighted by molar-refractivity contribution is 5.82. The quantitative estimate of drug-likeness (QED) is 0.310. The first-order valence-corrected chi connectivity index (χ1v) is 3.78. The second-order valence-corrected chi connectivity index (χ2v) is 2.12. The molecule has 0 heterocycles. The number of ether oxygens (including phenoxy) is 2. The van der Waals surface area contributed by atoms with Crippen molar-refractivity contribution in [3.8, 4) is 0 Å². The second-order valence-electron chi connectivity index (χ2n) is 2.12. The van der Waals surface area contributed by atoms with Crippen LogP contribution in [0.25, 0.3) is 0 Å². The van der Waals surface area contributed by atoms with Gasteiger partial charge in [0.25, 0.3) is 0 Å². The van der Waals surface area contributed by atoms with E-state index in [9.17, 15) is 18.0 Å². The van der Waals surface area contributed by atoms with E-state index >= 15 is 0 Å². The van der Waals surface area contributed by atoms with Crippen LogP contribution in [0.4, 0.5) is 13.2 Å². The zero-order valence-corrected chi connectivity index (χ0v) is 7.82. The van der Waals surface area contributed by atoms with Crippen molar-refractivity contribution < 1.29 is 27.4 Å². The highest BCUT2D eigenvalue weighted by Gasteiger charge is 2.04. The number of rotatable bonds is 5. The van der Waals surface area contributed by atoms with E-state index < -0.39 is 12.6 Å². The number of carbonyl (C=O) groups excluding carboxylic acids is 1. The summed E-state index contributed by atoms with van der Waals surface area (Å²) in [6.07, 6.45) is 3.74. The van der Waals surface area contributed by atoms with Crippen LogP contribution in [-0.2, 0) is 14.3 Å². The van der Waals surface area contributed by atoms with Crippen LogP contribution in [0.3, 0.4) is 0 Å². The van der Waals surface area contributed by atoms with Crippen molar-refractivity contribution in [1.29, 1.82) is 0 Å². The summed E-state index contributed by atoms with van der Waals surface area (Å²) in [5.41, 5.74) is 0. The molecule has 15 heavy (non-hydrogen) atoms. The maximum atomic E-state index is 11.8. The third-order valence-corrected chi connectivity index (χ3v) is 1.14. The highest BCUT2D eigenvalue weighted by atomic mass is 19.3. The number of allylic oxidation sites excluding steroid dienone is 3. The molecule has 0 aliphatic heterocycles. The van der Waals surface area contributed by atoms with E-state index in [1.54, 1.807) is 0 Å². The fourth-order valence-corrected chi connectivity index (χ4v) is 0.586. The number of alkyl halides is 2. The van der Waals surface area contributed by atoms with E-state index in [1.165, 1.54) is 0 Å². The zero-order chi connectivity index (χ0) is 11.7. The molecule has 0 bridgehead atoms. The third-order valence-electron chi connectivity index (χ3n) is 1.14. The first-order valence-electron chi connectivity index (χ1n) is 3.78. The van der Waals surface area contributed by atoms with Gasteiger partial charge in [-0.05, 0) is 18.2 Å². The Morgan fingerprint density at radius 1 is 1.33 bits per heavy atom. The van der Waals surface area contributed by atoms with Gasteiger partial charge in [0.15, 0.2) is 0 Å². The lowest BCUT2D eigenvalue weighted by atomic mass is 10.4. The number of halogens is 3. The van der Waals surface area contributed by atoms with Gasteiger partial charge >= 0.3 is 12.6 Å². The van der Waals surface area contributed by atoms with Crippen LogP contribution in [0.15, 0.2) is 36.4 Å². The lowest BCUT2D eigenvalue weighted by Gasteiger charge is -2.03. The monoisotopic (exact) mass is 222 g/mol. The summed E-state index contributed by atoms with van der Waals surface area (Å²) >= 11 is 0. The first kappa shape index (κ1) is 13.3. The molecular weight excluding hydrogens is 213 g/mol. The van der Waals surface area contributed by atoms with Crippen molar-refractivity contribution in [2.45, 2.75) is 6.61 Å². The van der Waals surface area contributed by atoms with Gasteiger partial charge in [-0.3, -0.25) is 0 Å². The Balaban J connectivity index is 4.50.